The van der Waals surface area contributed by atoms with E-state index in [2.05, 4.69) is 11.1 Å². The van der Waals surface area contributed by atoms with Crippen LogP contribution in [-0.2, 0) is 17.6 Å². The first-order valence-corrected chi connectivity index (χ1v) is 14.3. The van der Waals surface area contributed by atoms with Crippen molar-refractivity contribution in [1.29, 1.82) is 5.26 Å². The van der Waals surface area contributed by atoms with Crippen molar-refractivity contribution in [1.82, 2.24) is 4.98 Å². The molecule has 0 aliphatic carbocycles. The Hall–Kier alpha value is -4.36. The number of carboxylic acids is 1. The number of nitriles is 1. The average molecular weight is 592 g/mol. The Balaban J connectivity index is 1.38. The van der Waals surface area contributed by atoms with Crippen LogP contribution in [0.15, 0.2) is 60.0 Å². The Morgan fingerprint density at radius 2 is 1.83 bits per heavy atom. The van der Waals surface area contributed by atoms with E-state index in [0.717, 1.165) is 39.9 Å². The number of hydrogen-bond acceptors (Lipinski definition) is 6. The summed E-state index contributed by atoms with van der Waals surface area (Å²) in [4.78, 5) is 17.9. The van der Waals surface area contributed by atoms with Gasteiger partial charge < -0.3 is 14.7 Å². The van der Waals surface area contributed by atoms with E-state index >= 15 is 0 Å². The normalized spacial score (nSPS) is 14.0. The fourth-order valence-electron chi connectivity index (χ4n) is 5.12. The third kappa shape index (κ3) is 6.26. The van der Waals surface area contributed by atoms with Gasteiger partial charge in [0.05, 0.1) is 28.8 Å². The van der Waals surface area contributed by atoms with E-state index in [1.165, 1.54) is 17.4 Å². The number of carbonyl (C=O) groups is 1. The molecular weight excluding hydrogens is 563 g/mol. The highest BCUT2D eigenvalue weighted by molar-refractivity contribution is 7.14. The van der Waals surface area contributed by atoms with Crippen LogP contribution in [0.4, 0.5) is 18.3 Å². The number of ether oxygens (including phenoxy) is 1. The minimum absolute atomic E-state index is 0.149. The summed E-state index contributed by atoms with van der Waals surface area (Å²) in [6.07, 6.45) is -3.54. The number of hydrogen-bond donors (Lipinski definition) is 1. The number of thiazole rings is 1. The van der Waals surface area contributed by atoms with Crippen LogP contribution in [0.2, 0.25) is 0 Å². The minimum atomic E-state index is -4.53. The summed E-state index contributed by atoms with van der Waals surface area (Å²) in [7, 11) is 0. The van der Waals surface area contributed by atoms with E-state index in [9.17, 15) is 23.1 Å². The first-order valence-electron chi connectivity index (χ1n) is 13.4. The van der Waals surface area contributed by atoms with Gasteiger partial charge in [0.1, 0.15) is 12.4 Å². The number of alkyl halides is 3. The van der Waals surface area contributed by atoms with E-state index in [1.54, 1.807) is 11.4 Å². The molecule has 0 bridgehead atoms. The van der Waals surface area contributed by atoms with Gasteiger partial charge in [0.15, 0.2) is 5.13 Å². The number of aryl methyl sites for hydroxylation is 2. The largest absolute Gasteiger partial charge is 0.488 e. The van der Waals surface area contributed by atoms with Crippen molar-refractivity contribution in [3.63, 3.8) is 0 Å². The first kappa shape index (κ1) is 29.1. The van der Waals surface area contributed by atoms with Gasteiger partial charge in [-0.15, -0.1) is 11.3 Å². The van der Waals surface area contributed by atoms with Crippen molar-refractivity contribution < 1.29 is 27.8 Å². The van der Waals surface area contributed by atoms with Crippen molar-refractivity contribution in [2.75, 3.05) is 18.0 Å². The van der Waals surface area contributed by atoms with Crippen molar-refractivity contribution >= 4 is 22.4 Å². The van der Waals surface area contributed by atoms with Gasteiger partial charge in [0.2, 0.25) is 0 Å². The summed E-state index contributed by atoms with van der Waals surface area (Å²) >= 11 is 1.32. The predicted molar refractivity (Wildman–Crippen MR) is 156 cm³/mol. The molecule has 0 amide bonds. The minimum Gasteiger partial charge on any atom is -0.488 e. The Bertz CT molecular complexity index is 1670. The second-order valence-corrected chi connectivity index (χ2v) is 11.2. The maximum absolute atomic E-state index is 13.6. The summed E-state index contributed by atoms with van der Waals surface area (Å²) in [6.45, 7) is 5.10. The lowest BCUT2D eigenvalue weighted by molar-refractivity contribution is -0.142. The highest BCUT2D eigenvalue weighted by Gasteiger charge is 2.32. The second kappa shape index (κ2) is 11.9. The number of carboxylic acid groups (broad SMARTS) is 1. The fraction of sp³-hybridized carbons (Fsp3) is 0.281. The van der Waals surface area contributed by atoms with E-state index in [4.69, 9.17) is 10.00 Å². The molecule has 10 heteroatoms. The van der Waals surface area contributed by atoms with E-state index in [-0.39, 0.29) is 17.9 Å². The van der Waals surface area contributed by atoms with Gasteiger partial charge in [-0.2, -0.15) is 18.4 Å². The Labute approximate surface area is 245 Å². The number of piperidine rings is 1. The lowest BCUT2D eigenvalue weighted by atomic mass is 9.96. The van der Waals surface area contributed by atoms with Crippen LogP contribution in [0, 0.1) is 31.1 Å². The van der Waals surface area contributed by atoms with Gasteiger partial charge in [-0.1, -0.05) is 24.3 Å². The monoisotopic (exact) mass is 591 g/mol. The zero-order chi connectivity index (χ0) is 30.0. The lowest BCUT2D eigenvalue weighted by Crippen LogP contribution is -2.36. The molecule has 5 rings (SSSR count). The number of rotatable bonds is 7. The van der Waals surface area contributed by atoms with Crippen LogP contribution in [-0.4, -0.2) is 29.1 Å². The van der Waals surface area contributed by atoms with Crippen LogP contribution in [0.5, 0.6) is 5.75 Å². The molecule has 4 aromatic rings. The number of aromatic nitrogens is 1. The van der Waals surface area contributed by atoms with E-state index < -0.39 is 23.6 Å². The van der Waals surface area contributed by atoms with Gasteiger partial charge in [0.25, 0.3) is 0 Å². The predicted octanol–water partition coefficient (Wildman–Crippen LogP) is 7.86. The summed E-state index contributed by atoms with van der Waals surface area (Å²) < 4.78 is 47.0. The fourth-order valence-corrected chi connectivity index (χ4v) is 6.00. The Kier molecular flexibility index (Phi) is 8.23. The summed E-state index contributed by atoms with van der Waals surface area (Å²) in [6, 6.07) is 17.0. The molecule has 0 unspecified atom stereocenters. The van der Waals surface area contributed by atoms with Gasteiger partial charge in [-0.25, -0.2) is 4.98 Å². The van der Waals surface area contributed by atoms with Crippen molar-refractivity contribution in [2.24, 2.45) is 5.92 Å². The first-order chi connectivity index (χ1) is 20.0. The highest BCUT2D eigenvalue weighted by atomic mass is 32.1. The molecule has 1 aliphatic heterocycles. The van der Waals surface area contributed by atoms with Gasteiger partial charge in [-0.05, 0) is 84.8 Å². The molecule has 1 aliphatic rings. The molecule has 42 heavy (non-hydrogen) atoms. The molecule has 2 heterocycles. The molecule has 1 saturated heterocycles. The standard InChI is InChI=1S/C32H28F3N3O3S/c1-19-14-23(26-7-3-21(16-36)13-20(26)2)4-5-24(19)17-41-29-8-6-25(32(33,34)35)15-27(29)28-18-42-31(37-28)38-11-9-22(10-12-38)30(39)40/h3-8,13-15,18,22H,9-12,17H2,1-2H3,(H,39,40). The number of nitrogens with zero attached hydrogens (tertiary/aromatic N) is 3. The van der Waals surface area contributed by atoms with Crippen molar-refractivity contribution in [2.45, 2.75) is 39.5 Å². The summed E-state index contributed by atoms with van der Waals surface area (Å²) in [5.74, 6) is -0.917. The zero-order valence-corrected chi connectivity index (χ0v) is 23.9. The quantitative estimate of drug-likeness (QED) is 0.235. The maximum atomic E-state index is 13.6. The molecule has 0 saturated carbocycles. The average Bonchev–Trinajstić information content (AvgIpc) is 3.46. The van der Waals surface area contributed by atoms with Crippen LogP contribution in [0.3, 0.4) is 0 Å². The summed E-state index contributed by atoms with van der Waals surface area (Å²) in [5.41, 5.74) is 5.27. The molecule has 216 valence electrons. The van der Waals surface area contributed by atoms with Crippen LogP contribution < -0.4 is 9.64 Å². The van der Waals surface area contributed by atoms with Gasteiger partial charge >= 0.3 is 12.1 Å². The number of anilines is 1. The molecule has 3 aromatic carbocycles. The van der Waals surface area contributed by atoms with Crippen LogP contribution >= 0.6 is 11.3 Å². The topological polar surface area (TPSA) is 86.5 Å². The van der Waals surface area contributed by atoms with E-state index in [0.29, 0.717) is 42.3 Å². The molecule has 1 fully saturated rings. The molecular formula is C32H28F3N3O3S. The van der Waals surface area contributed by atoms with Crippen LogP contribution in [0.25, 0.3) is 22.4 Å². The third-order valence-electron chi connectivity index (χ3n) is 7.58. The molecule has 0 atom stereocenters. The van der Waals surface area contributed by atoms with Gasteiger partial charge in [0, 0.05) is 24.0 Å². The lowest BCUT2D eigenvalue weighted by Gasteiger charge is -2.29. The molecule has 1 aromatic heterocycles. The molecule has 0 spiro atoms. The molecule has 0 radical (unpaired) electrons. The van der Waals surface area contributed by atoms with Crippen LogP contribution in [0.1, 0.15) is 40.7 Å². The smallest absolute Gasteiger partial charge is 0.416 e. The van der Waals surface area contributed by atoms with Crippen molar-refractivity contribution in [3.8, 4) is 34.2 Å². The third-order valence-corrected chi connectivity index (χ3v) is 8.48. The number of halogens is 3. The number of benzene rings is 3. The molecule has 1 N–H and O–H groups in total. The maximum Gasteiger partial charge on any atom is 0.416 e. The second-order valence-electron chi connectivity index (χ2n) is 10.4. The Morgan fingerprint density at radius 1 is 1.07 bits per heavy atom. The molecule has 6 nitrogen and oxygen atoms in total. The highest BCUT2D eigenvalue weighted by Crippen LogP contribution is 2.39. The van der Waals surface area contributed by atoms with Gasteiger partial charge in [-0.3, -0.25) is 4.79 Å². The SMILES string of the molecule is Cc1cc(-c2ccc(C#N)cc2C)ccc1COc1ccc(C(F)(F)F)cc1-c1csc(N2CCC(C(=O)O)CC2)n1. The zero-order valence-electron chi connectivity index (χ0n) is 23.0. The van der Waals surface area contributed by atoms with Crippen molar-refractivity contribution in [3.05, 3.63) is 87.8 Å². The number of aliphatic carboxylic acids is 1. The summed E-state index contributed by atoms with van der Waals surface area (Å²) in [5, 5.41) is 20.8. The van der Waals surface area contributed by atoms with E-state index in [1.807, 2.05) is 49.1 Å². The Morgan fingerprint density at radius 3 is 2.48 bits per heavy atom.